The molecule has 0 bridgehead atoms. The molecule has 0 radical (unpaired) electrons. The molecule has 3 fully saturated rings. The van der Waals surface area contributed by atoms with Crippen molar-refractivity contribution in [2.24, 2.45) is 17.8 Å². The summed E-state index contributed by atoms with van der Waals surface area (Å²) in [5, 5.41) is -1.41. The Kier molecular flexibility index (Phi) is 14.2. The van der Waals surface area contributed by atoms with Crippen molar-refractivity contribution in [3.05, 3.63) is 47.2 Å². The molecule has 0 amide bonds. The van der Waals surface area contributed by atoms with E-state index in [4.69, 9.17) is 103 Å². The van der Waals surface area contributed by atoms with Gasteiger partial charge in [0, 0.05) is 42.9 Å². The highest BCUT2D eigenvalue weighted by molar-refractivity contribution is 6.45. The summed E-state index contributed by atoms with van der Waals surface area (Å²) in [4.78, 5) is 33.1. The normalized spacial score (nSPS) is 32.4. The second-order valence-corrected chi connectivity index (χ2v) is 17.4. The number of esters is 2. The number of methoxy groups -OCH3 is 6. The Hall–Kier alpha value is -2.22. The number of carbonyl (C=O) groups is 2. The van der Waals surface area contributed by atoms with E-state index in [2.05, 4.69) is 16.0 Å². The number of piperidine rings is 1. The van der Waals surface area contributed by atoms with Crippen LogP contribution in [0.1, 0.15) is 40.5 Å². The fourth-order valence-electron chi connectivity index (χ4n) is 8.82. The number of rotatable bonds is 8. The smallest absolute Gasteiger partial charge is 0.338 e. The Morgan fingerprint density at radius 3 is 1.89 bits per heavy atom. The molecule has 3 aromatic rings. The lowest BCUT2D eigenvalue weighted by molar-refractivity contribution is -0.176. The van der Waals surface area contributed by atoms with Crippen molar-refractivity contribution in [3.63, 3.8) is 0 Å². The van der Waals surface area contributed by atoms with Gasteiger partial charge in [-0.2, -0.15) is 0 Å². The second-order valence-electron chi connectivity index (χ2n) is 14.4. The Balaban J connectivity index is 0.000000380. The van der Waals surface area contributed by atoms with Crippen molar-refractivity contribution < 1.29 is 42.7 Å². The first-order chi connectivity index (χ1) is 26.8. The molecule has 1 N–H and O–H groups in total. The van der Waals surface area contributed by atoms with Crippen LogP contribution in [0.5, 0.6) is 23.0 Å². The number of fused-ring (bicyclic) bond motifs is 6. The maximum atomic E-state index is 13.5. The minimum absolute atomic E-state index is 0.0170. The van der Waals surface area contributed by atoms with E-state index in [1.807, 2.05) is 12.1 Å². The molecule has 308 valence electrons. The van der Waals surface area contributed by atoms with Crippen LogP contribution in [0.2, 0.25) is 0 Å². The van der Waals surface area contributed by atoms with Gasteiger partial charge in [0.05, 0.1) is 85.3 Å². The third-order valence-corrected chi connectivity index (χ3v) is 15.6. The van der Waals surface area contributed by atoms with Crippen LogP contribution in [0.15, 0.2) is 30.3 Å². The first kappa shape index (κ1) is 43.4. The van der Waals surface area contributed by atoms with Gasteiger partial charge in [0.1, 0.15) is 18.0 Å². The maximum absolute atomic E-state index is 13.5. The summed E-state index contributed by atoms with van der Waals surface area (Å²) in [7, 11) is 9.10. The molecule has 2 saturated carbocycles. The minimum atomic E-state index is -0.670. The van der Waals surface area contributed by atoms with Gasteiger partial charge < -0.3 is 38.1 Å². The molecule has 6 atom stereocenters. The third kappa shape index (κ3) is 8.18. The van der Waals surface area contributed by atoms with Crippen molar-refractivity contribution in [2.45, 2.75) is 69.8 Å². The number of carbonyl (C=O) groups excluding carboxylic acids is 2. The number of hydrogen-bond donors (Lipinski definition) is 1. The summed E-state index contributed by atoms with van der Waals surface area (Å²) >= 11 is 35.3. The molecule has 56 heavy (non-hydrogen) atoms. The number of nitrogens with zero attached hydrogens (tertiary/aromatic N) is 1. The average Bonchev–Trinajstić information content (AvgIpc) is 3.60. The summed E-state index contributed by atoms with van der Waals surface area (Å²) in [6, 6.07) is 9.40. The summed E-state index contributed by atoms with van der Waals surface area (Å²) in [5.74, 6) is 0.441. The van der Waals surface area contributed by atoms with E-state index >= 15 is 0 Å². The van der Waals surface area contributed by atoms with Gasteiger partial charge in [-0.1, -0.05) is 0 Å². The highest BCUT2D eigenvalue weighted by atomic mass is 35.5. The molecule has 1 aromatic heterocycles. The van der Waals surface area contributed by atoms with Crippen LogP contribution in [0, 0.1) is 17.8 Å². The van der Waals surface area contributed by atoms with E-state index in [9.17, 15) is 9.59 Å². The maximum Gasteiger partial charge on any atom is 0.338 e. The number of benzene rings is 2. The lowest BCUT2D eigenvalue weighted by atomic mass is 9.63. The lowest BCUT2D eigenvalue weighted by Gasteiger charge is -2.52. The highest BCUT2D eigenvalue weighted by Crippen LogP contribution is 2.51. The summed E-state index contributed by atoms with van der Waals surface area (Å²) in [6.45, 7) is 1.68. The van der Waals surface area contributed by atoms with Gasteiger partial charge in [0.15, 0.2) is 11.5 Å². The number of halogens is 6. The minimum Gasteiger partial charge on any atom is -0.497 e. The Morgan fingerprint density at radius 1 is 0.768 bits per heavy atom. The summed E-state index contributed by atoms with van der Waals surface area (Å²) in [5.41, 5.74) is 3.83. The first-order valence-corrected chi connectivity index (χ1v) is 20.8. The topological polar surface area (TPSA) is 118 Å². The molecule has 7 rings (SSSR count). The second kappa shape index (κ2) is 18.4. The van der Waals surface area contributed by atoms with Gasteiger partial charge in [-0.15, -0.1) is 69.6 Å². The SMILES string of the molecule is COC(=O)[C@H]1[C@H]2C[C@@H]3c4[nH]c5cc(OC)ccc5c4CCN3C[C@H]2C[C@@H](OC(=O)c2cc(OC)c(OC)c(OC)c2)[C@@H]1OC.Cl[C@H]1[C@H](Cl)[C@@H](Cl)[C@@H](Cl)[C@H](Cl)[C@H]1Cl. The molecule has 11 nitrogen and oxygen atoms in total. The standard InChI is InChI=1S/C33H40N2O9.C6H6Cl6/c1-38-19-7-8-20-21-9-10-35-16-18-13-27(44-32(36)17-11-25(39-2)30(41-4)26(12-17)40-3)31(42-5)28(33(37)43-6)22(18)15-24(35)29(21)34-23(20)14-19;7-1-2(8)4(10)6(12)5(11)3(1)9/h7-8,11-12,14,18,22,24,27-28,31,34H,9-10,13,15-16H2,1-6H3;1-6H/t18-,22+,24-,27-,28+,31+;1-,2-,3-,4+,5+,6+/m1./s1. The zero-order valence-electron chi connectivity index (χ0n) is 31.7. The molecule has 1 saturated heterocycles. The van der Waals surface area contributed by atoms with Crippen LogP contribution < -0.4 is 18.9 Å². The van der Waals surface area contributed by atoms with Gasteiger partial charge in [-0.25, -0.2) is 4.79 Å². The fourth-order valence-corrected chi connectivity index (χ4v) is 11.1. The largest absolute Gasteiger partial charge is 0.497 e. The molecular formula is C39H46Cl6N2O9. The number of alkyl halides is 6. The van der Waals surface area contributed by atoms with Crippen LogP contribution >= 0.6 is 69.6 Å². The Morgan fingerprint density at radius 2 is 1.38 bits per heavy atom. The van der Waals surface area contributed by atoms with Crippen molar-refractivity contribution in [1.82, 2.24) is 9.88 Å². The average molecular weight is 900 g/mol. The highest BCUT2D eigenvalue weighted by Gasteiger charge is 2.54. The number of nitrogens with one attached hydrogen (secondary N) is 1. The first-order valence-electron chi connectivity index (χ1n) is 18.2. The number of ether oxygens (including phenoxy) is 7. The Bertz CT molecular complexity index is 1800. The number of aromatic amines is 1. The number of aromatic nitrogens is 1. The van der Waals surface area contributed by atoms with E-state index in [1.165, 1.54) is 45.1 Å². The molecule has 2 aromatic carbocycles. The summed E-state index contributed by atoms with van der Waals surface area (Å²) in [6.07, 6.45) is 0.920. The van der Waals surface area contributed by atoms with E-state index in [0.717, 1.165) is 37.2 Å². The third-order valence-electron chi connectivity index (χ3n) is 11.6. The van der Waals surface area contributed by atoms with Crippen molar-refractivity contribution in [2.75, 3.05) is 55.7 Å². The summed E-state index contributed by atoms with van der Waals surface area (Å²) < 4.78 is 39.1. The lowest BCUT2D eigenvalue weighted by Crippen LogP contribution is -2.58. The van der Waals surface area contributed by atoms with Crippen LogP contribution in [0.3, 0.4) is 0 Å². The quantitative estimate of drug-likeness (QED) is 0.177. The molecule has 2 aliphatic heterocycles. The molecule has 17 heteroatoms. The fraction of sp³-hybridized carbons (Fsp3) is 0.590. The van der Waals surface area contributed by atoms with E-state index in [0.29, 0.717) is 23.7 Å². The van der Waals surface area contributed by atoms with E-state index in [1.54, 1.807) is 26.4 Å². The molecule has 0 spiro atoms. The zero-order chi connectivity index (χ0) is 40.6. The Labute approximate surface area is 356 Å². The number of hydrogen-bond acceptors (Lipinski definition) is 10. The van der Waals surface area contributed by atoms with E-state index in [-0.39, 0.29) is 29.4 Å². The van der Waals surface area contributed by atoms with Crippen molar-refractivity contribution in [1.29, 1.82) is 0 Å². The van der Waals surface area contributed by atoms with Crippen LogP contribution in [-0.2, 0) is 25.4 Å². The monoisotopic (exact) mass is 896 g/mol. The van der Waals surface area contributed by atoms with Gasteiger partial charge in [0.2, 0.25) is 5.75 Å². The van der Waals surface area contributed by atoms with Gasteiger partial charge >= 0.3 is 11.9 Å². The van der Waals surface area contributed by atoms with Gasteiger partial charge in [-0.3, -0.25) is 9.69 Å². The van der Waals surface area contributed by atoms with E-state index < -0.39 is 56.4 Å². The van der Waals surface area contributed by atoms with Crippen molar-refractivity contribution in [3.8, 4) is 23.0 Å². The van der Waals surface area contributed by atoms with Crippen LogP contribution in [0.4, 0.5) is 0 Å². The number of H-pyrrole nitrogens is 1. The predicted molar refractivity (Wildman–Crippen MR) is 219 cm³/mol. The molecular weight excluding hydrogens is 853 g/mol. The molecule has 4 aliphatic rings. The van der Waals surface area contributed by atoms with Gasteiger partial charge in [0.25, 0.3) is 0 Å². The molecule has 3 heterocycles. The molecule has 2 aliphatic carbocycles. The van der Waals surface area contributed by atoms with Crippen molar-refractivity contribution >= 4 is 92.4 Å². The van der Waals surface area contributed by atoms with Crippen LogP contribution in [-0.4, -0.2) is 122 Å². The van der Waals surface area contributed by atoms with Crippen LogP contribution in [0.25, 0.3) is 10.9 Å². The zero-order valence-corrected chi connectivity index (χ0v) is 36.3. The molecule has 0 unspecified atom stereocenters. The predicted octanol–water partition coefficient (Wildman–Crippen LogP) is 7.82. The van der Waals surface area contributed by atoms with Gasteiger partial charge in [-0.05, 0) is 60.9 Å².